The molecule has 1 fully saturated rings. The minimum Gasteiger partial charge on any atom is -0.464 e. The first-order chi connectivity index (χ1) is 11.2. The lowest BCUT2D eigenvalue weighted by molar-refractivity contribution is -0.141. The number of nitrogens with one attached hydrogen (secondary N) is 1. The van der Waals surface area contributed by atoms with E-state index in [0.717, 1.165) is 18.6 Å². The molecule has 0 radical (unpaired) electrons. The third kappa shape index (κ3) is 10.6. The molecule has 1 saturated heterocycles. The molecule has 1 aliphatic rings. The van der Waals surface area contributed by atoms with Crippen LogP contribution in [-0.2, 0) is 14.3 Å². The van der Waals surface area contributed by atoms with Crippen molar-refractivity contribution < 1.29 is 14.3 Å². The zero-order valence-electron chi connectivity index (χ0n) is 14.4. The van der Waals surface area contributed by atoms with Gasteiger partial charge in [-0.2, -0.15) is 12.6 Å². The zero-order chi connectivity index (χ0) is 16.8. The topological polar surface area (TPSA) is 55.4 Å². The summed E-state index contributed by atoms with van der Waals surface area (Å²) in [6.07, 6.45) is 14.9. The van der Waals surface area contributed by atoms with Gasteiger partial charge in [0.05, 0.1) is 6.61 Å². The molecule has 134 valence electrons. The second-order valence-electron chi connectivity index (χ2n) is 6.44. The summed E-state index contributed by atoms with van der Waals surface area (Å²) < 4.78 is 4.83. The molecule has 0 aromatic rings. The number of carbonyl (C=O) groups excluding carboxylic acids is 2. The van der Waals surface area contributed by atoms with Gasteiger partial charge in [0.25, 0.3) is 0 Å². The van der Waals surface area contributed by atoms with Crippen LogP contribution in [0.5, 0.6) is 0 Å². The van der Waals surface area contributed by atoms with Crippen LogP contribution >= 0.6 is 12.6 Å². The van der Waals surface area contributed by atoms with Gasteiger partial charge in [-0.25, -0.2) is 4.79 Å². The molecule has 0 unspecified atom stereocenters. The molecule has 1 atom stereocenters. The molecule has 0 spiro atoms. The number of ether oxygens (including phenoxy) is 1. The van der Waals surface area contributed by atoms with E-state index in [2.05, 4.69) is 17.9 Å². The normalized spacial score (nSPS) is 17.3. The number of hydrogen-bond donors (Lipinski definition) is 2. The smallest absolute Gasteiger partial charge is 0.328 e. The van der Waals surface area contributed by atoms with E-state index >= 15 is 0 Å². The average Bonchev–Trinajstić information content (AvgIpc) is 2.93. The van der Waals surface area contributed by atoms with Crippen LogP contribution in [0.4, 0.5) is 0 Å². The molecule has 0 aliphatic carbocycles. The van der Waals surface area contributed by atoms with Gasteiger partial charge < -0.3 is 10.1 Å². The van der Waals surface area contributed by atoms with Crippen molar-refractivity contribution in [3.63, 3.8) is 0 Å². The lowest BCUT2D eigenvalue weighted by Gasteiger charge is -2.08. The maximum atomic E-state index is 11.7. The number of cyclic esters (lactones) is 1. The highest BCUT2D eigenvalue weighted by Gasteiger charge is 2.27. The lowest BCUT2D eigenvalue weighted by Crippen LogP contribution is -2.37. The van der Waals surface area contributed by atoms with E-state index in [1.54, 1.807) is 0 Å². The van der Waals surface area contributed by atoms with Gasteiger partial charge in [-0.3, -0.25) is 4.79 Å². The Labute approximate surface area is 146 Å². The van der Waals surface area contributed by atoms with E-state index in [1.807, 2.05) is 0 Å². The van der Waals surface area contributed by atoms with E-state index in [1.165, 1.54) is 57.8 Å². The zero-order valence-corrected chi connectivity index (χ0v) is 15.3. The van der Waals surface area contributed by atoms with Crippen LogP contribution in [0.3, 0.4) is 0 Å². The number of thiol groups is 1. The van der Waals surface area contributed by atoms with Gasteiger partial charge in [0.1, 0.15) is 6.04 Å². The third-order valence-electron chi connectivity index (χ3n) is 4.33. The summed E-state index contributed by atoms with van der Waals surface area (Å²) >= 11 is 4.22. The molecule has 1 heterocycles. The Morgan fingerprint density at radius 3 is 1.96 bits per heavy atom. The third-order valence-corrected chi connectivity index (χ3v) is 4.65. The van der Waals surface area contributed by atoms with E-state index < -0.39 is 6.04 Å². The minimum absolute atomic E-state index is 0.0185. The summed E-state index contributed by atoms with van der Waals surface area (Å²) in [7, 11) is 0. The molecular weight excluding hydrogens is 310 g/mol. The number of hydrogen-bond acceptors (Lipinski definition) is 4. The first-order valence-corrected chi connectivity index (χ1v) is 9.94. The standard InChI is InChI=1S/C18H33NO3S/c20-17(19-16-13-14-22-18(16)21)12-10-8-6-4-2-1-3-5-7-9-11-15-23/h16,23H,1-15H2,(H,19,20)/t16-/m0/s1. The fourth-order valence-electron chi connectivity index (χ4n) is 2.88. The van der Waals surface area contributed by atoms with Crippen molar-refractivity contribution in [2.24, 2.45) is 0 Å². The van der Waals surface area contributed by atoms with Crippen molar-refractivity contribution in [2.75, 3.05) is 12.4 Å². The highest BCUT2D eigenvalue weighted by Crippen LogP contribution is 2.12. The molecule has 0 bridgehead atoms. The second kappa shape index (κ2) is 13.7. The molecular formula is C18H33NO3S. The maximum Gasteiger partial charge on any atom is 0.328 e. The van der Waals surface area contributed by atoms with E-state index in [9.17, 15) is 9.59 Å². The Hall–Kier alpha value is -0.710. The van der Waals surface area contributed by atoms with Crippen molar-refractivity contribution in [3.8, 4) is 0 Å². The Morgan fingerprint density at radius 2 is 1.48 bits per heavy atom. The maximum absolute atomic E-state index is 11.7. The molecule has 4 nitrogen and oxygen atoms in total. The van der Waals surface area contributed by atoms with Gasteiger partial charge >= 0.3 is 5.97 Å². The quantitative estimate of drug-likeness (QED) is 0.284. The van der Waals surface area contributed by atoms with Crippen LogP contribution in [0.2, 0.25) is 0 Å². The van der Waals surface area contributed by atoms with Crippen LogP contribution in [0.25, 0.3) is 0 Å². The van der Waals surface area contributed by atoms with Gasteiger partial charge in [-0.15, -0.1) is 0 Å². The Bertz CT molecular complexity index is 336. The number of unbranched alkanes of at least 4 members (excludes halogenated alkanes) is 10. The van der Waals surface area contributed by atoms with Crippen molar-refractivity contribution >= 4 is 24.5 Å². The first-order valence-electron chi connectivity index (χ1n) is 9.31. The molecule has 0 aromatic carbocycles. The van der Waals surface area contributed by atoms with Crippen molar-refractivity contribution in [1.29, 1.82) is 0 Å². The van der Waals surface area contributed by atoms with Gasteiger partial charge in [0.2, 0.25) is 5.91 Å². The molecule has 1 rings (SSSR count). The number of amides is 1. The molecule has 5 heteroatoms. The van der Waals surface area contributed by atoms with E-state index in [-0.39, 0.29) is 11.9 Å². The average molecular weight is 344 g/mol. The molecule has 1 aliphatic heterocycles. The van der Waals surface area contributed by atoms with Gasteiger partial charge in [-0.05, 0) is 18.6 Å². The Kier molecular flexibility index (Phi) is 12.1. The van der Waals surface area contributed by atoms with Crippen LogP contribution in [0, 0.1) is 0 Å². The summed E-state index contributed by atoms with van der Waals surface area (Å²) in [5.41, 5.74) is 0. The predicted octanol–water partition coefficient (Wildman–Crippen LogP) is 4.03. The molecule has 0 saturated carbocycles. The number of esters is 1. The number of rotatable bonds is 14. The first kappa shape index (κ1) is 20.3. The highest BCUT2D eigenvalue weighted by atomic mass is 32.1. The summed E-state index contributed by atoms with van der Waals surface area (Å²) in [6.45, 7) is 0.430. The summed E-state index contributed by atoms with van der Waals surface area (Å²) in [4.78, 5) is 22.9. The van der Waals surface area contributed by atoms with Crippen molar-refractivity contribution in [3.05, 3.63) is 0 Å². The Balaban J connectivity index is 1.80. The highest BCUT2D eigenvalue weighted by molar-refractivity contribution is 7.80. The summed E-state index contributed by atoms with van der Waals surface area (Å²) in [5.74, 6) is 0.710. The molecule has 23 heavy (non-hydrogen) atoms. The molecule has 1 N–H and O–H groups in total. The largest absolute Gasteiger partial charge is 0.464 e. The van der Waals surface area contributed by atoms with Crippen LogP contribution in [0.15, 0.2) is 0 Å². The number of carbonyl (C=O) groups is 2. The Morgan fingerprint density at radius 1 is 0.957 bits per heavy atom. The molecule has 1 amide bonds. The fraction of sp³-hybridized carbons (Fsp3) is 0.889. The van der Waals surface area contributed by atoms with Crippen LogP contribution < -0.4 is 5.32 Å². The lowest BCUT2D eigenvalue weighted by atomic mass is 10.1. The summed E-state index contributed by atoms with van der Waals surface area (Å²) in [6, 6.07) is -0.407. The summed E-state index contributed by atoms with van der Waals surface area (Å²) in [5, 5.41) is 2.75. The van der Waals surface area contributed by atoms with Crippen molar-refractivity contribution in [2.45, 2.75) is 89.5 Å². The van der Waals surface area contributed by atoms with E-state index in [4.69, 9.17) is 4.74 Å². The fourth-order valence-corrected chi connectivity index (χ4v) is 3.11. The second-order valence-corrected chi connectivity index (χ2v) is 6.89. The van der Waals surface area contributed by atoms with Gasteiger partial charge in [-0.1, -0.05) is 57.8 Å². The van der Waals surface area contributed by atoms with Gasteiger partial charge in [0.15, 0.2) is 0 Å². The molecule has 0 aromatic heterocycles. The van der Waals surface area contributed by atoms with E-state index in [0.29, 0.717) is 19.4 Å². The monoisotopic (exact) mass is 343 g/mol. The predicted molar refractivity (Wildman–Crippen MR) is 96.8 cm³/mol. The van der Waals surface area contributed by atoms with Crippen LogP contribution in [0.1, 0.15) is 83.5 Å². The van der Waals surface area contributed by atoms with Gasteiger partial charge in [0, 0.05) is 12.8 Å². The minimum atomic E-state index is -0.407. The van der Waals surface area contributed by atoms with Crippen molar-refractivity contribution in [1.82, 2.24) is 5.32 Å². The SMILES string of the molecule is O=C(CCCCCCCCCCCCCS)N[C@H]1CCOC1=O. The van der Waals surface area contributed by atoms with Crippen LogP contribution in [-0.4, -0.2) is 30.3 Å².